The van der Waals surface area contributed by atoms with E-state index in [2.05, 4.69) is 5.32 Å². The highest BCUT2D eigenvalue weighted by Gasteiger charge is 2.35. The molecule has 2 aliphatic rings. The number of carbonyl (C=O) groups is 3. The minimum atomic E-state index is -1.02. The number of aliphatic carboxylic acids is 1. The summed E-state index contributed by atoms with van der Waals surface area (Å²) in [5, 5.41) is 12.4. The van der Waals surface area contributed by atoms with Crippen LogP contribution < -0.4 is 5.32 Å². The molecule has 2 aliphatic heterocycles. The number of nitrogens with one attached hydrogen (secondary N) is 1. The Labute approximate surface area is 154 Å². The van der Waals surface area contributed by atoms with Crippen LogP contribution in [0.2, 0.25) is 0 Å². The van der Waals surface area contributed by atoms with Gasteiger partial charge in [-0.1, -0.05) is 24.3 Å². The van der Waals surface area contributed by atoms with Crippen LogP contribution in [0, 0.1) is 0 Å². The van der Waals surface area contributed by atoms with Gasteiger partial charge in [-0.3, -0.25) is 9.59 Å². The lowest BCUT2D eigenvalue weighted by Crippen LogP contribution is -2.48. The molecule has 2 amide bonds. The maximum atomic E-state index is 13.0. The molecule has 132 valence electrons. The van der Waals surface area contributed by atoms with Gasteiger partial charge >= 0.3 is 5.97 Å². The fourth-order valence-corrected chi connectivity index (χ4v) is 4.13. The Hall–Kier alpha value is -2.80. The molecule has 0 fully saturated rings. The molecular formula is C19H16N2O4S. The maximum absolute atomic E-state index is 13.0. The number of rotatable bonds is 2. The molecule has 2 N–H and O–H groups in total. The van der Waals surface area contributed by atoms with Crippen molar-refractivity contribution in [3.63, 3.8) is 0 Å². The SMILES string of the molecule is O=C1CSc2ccc(C(=O)N3Cc4ccccc4CC3C(=O)O)cc2N1. The number of anilines is 1. The third-order valence-electron chi connectivity index (χ3n) is 4.65. The van der Waals surface area contributed by atoms with Crippen molar-refractivity contribution in [1.29, 1.82) is 0 Å². The molecule has 2 aromatic carbocycles. The van der Waals surface area contributed by atoms with E-state index >= 15 is 0 Å². The Morgan fingerprint density at radius 2 is 1.92 bits per heavy atom. The second-order valence-corrected chi connectivity index (χ2v) is 7.32. The van der Waals surface area contributed by atoms with Crippen molar-refractivity contribution >= 4 is 35.2 Å². The molecule has 0 aliphatic carbocycles. The predicted molar refractivity (Wildman–Crippen MR) is 97.2 cm³/mol. The lowest BCUT2D eigenvalue weighted by Gasteiger charge is -2.34. The zero-order valence-corrected chi connectivity index (χ0v) is 14.6. The Morgan fingerprint density at radius 3 is 2.69 bits per heavy atom. The summed E-state index contributed by atoms with van der Waals surface area (Å²) in [6, 6.07) is 11.8. The van der Waals surface area contributed by atoms with Gasteiger partial charge in [-0.25, -0.2) is 4.79 Å². The lowest BCUT2D eigenvalue weighted by atomic mass is 9.93. The third-order valence-corrected chi connectivity index (χ3v) is 5.73. The van der Waals surface area contributed by atoms with Crippen LogP contribution in [0.1, 0.15) is 21.5 Å². The highest BCUT2D eigenvalue weighted by molar-refractivity contribution is 8.00. The van der Waals surface area contributed by atoms with Crippen LogP contribution in [0.5, 0.6) is 0 Å². The van der Waals surface area contributed by atoms with Gasteiger partial charge in [0.1, 0.15) is 6.04 Å². The first kappa shape index (κ1) is 16.7. The van der Waals surface area contributed by atoms with Gasteiger partial charge in [0.25, 0.3) is 5.91 Å². The van der Waals surface area contributed by atoms with Crippen LogP contribution in [-0.4, -0.2) is 39.6 Å². The van der Waals surface area contributed by atoms with Crippen LogP contribution in [-0.2, 0) is 22.6 Å². The van der Waals surface area contributed by atoms with Crippen molar-refractivity contribution in [1.82, 2.24) is 4.90 Å². The van der Waals surface area contributed by atoms with Gasteiger partial charge in [-0.15, -0.1) is 11.8 Å². The van der Waals surface area contributed by atoms with Crippen molar-refractivity contribution in [2.24, 2.45) is 0 Å². The molecule has 4 rings (SSSR count). The number of carboxylic acid groups (broad SMARTS) is 1. The fourth-order valence-electron chi connectivity index (χ4n) is 3.34. The number of carboxylic acids is 1. The molecule has 6 nitrogen and oxygen atoms in total. The van der Waals surface area contributed by atoms with E-state index in [4.69, 9.17) is 0 Å². The maximum Gasteiger partial charge on any atom is 0.326 e. The van der Waals surface area contributed by atoms with E-state index < -0.39 is 12.0 Å². The molecular weight excluding hydrogens is 352 g/mol. The molecule has 1 atom stereocenters. The van der Waals surface area contributed by atoms with E-state index in [9.17, 15) is 19.5 Å². The summed E-state index contributed by atoms with van der Waals surface area (Å²) in [5.41, 5.74) is 2.89. The molecule has 2 heterocycles. The van der Waals surface area contributed by atoms with Gasteiger partial charge in [0.2, 0.25) is 5.91 Å². The monoisotopic (exact) mass is 368 g/mol. The number of hydrogen-bond donors (Lipinski definition) is 2. The number of hydrogen-bond acceptors (Lipinski definition) is 4. The molecule has 0 aromatic heterocycles. The minimum absolute atomic E-state index is 0.109. The van der Waals surface area contributed by atoms with Crippen LogP contribution in [0.4, 0.5) is 5.69 Å². The number of benzene rings is 2. The first-order valence-corrected chi connectivity index (χ1v) is 9.19. The van der Waals surface area contributed by atoms with Crippen molar-refractivity contribution < 1.29 is 19.5 Å². The summed E-state index contributed by atoms with van der Waals surface area (Å²) in [6.07, 6.45) is 0.286. The zero-order valence-electron chi connectivity index (χ0n) is 13.8. The van der Waals surface area contributed by atoms with E-state index in [0.29, 0.717) is 17.0 Å². The van der Waals surface area contributed by atoms with E-state index in [-0.39, 0.29) is 24.8 Å². The van der Waals surface area contributed by atoms with Gasteiger partial charge < -0.3 is 15.3 Å². The summed E-state index contributed by atoms with van der Waals surface area (Å²) in [6.45, 7) is 0.254. The molecule has 0 bridgehead atoms. The van der Waals surface area contributed by atoms with Crippen molar-refractivity contribution in [2.75, 3.05) is 11.1 Å². The Kier molecular flexibility index (Phi) is 4.16. The van der Waals surface area contributed by atoms with Gasteiger partial charge in [0.05, 0.1) is 11.4 Å². The van der Waals surface area contributed by atoms with Crippen LogP contribution in [0.15, 0.2) is 47.4 Å². The summed E-state index contributed by atoms with van der Waals surface area (Å²) in [7, 11) is 0. The molecule has 0 spiro atoms. The summed E-state index contributed by atoms with van der Waals surface area (Å²) in [5.74, 6) is -1.12. The third kappa shape index (κ3) is 2.94. The summed E-state index contributed by atoms with van der Waals surface area (Å²) in [4.78, 5) is 38.6. The molecule has 26 heavy (non-hydrogen) atoms. The normalized spacial score (nSPS) is 18.5. The molecule has 0 saturated heterocycles. The Morgan fingerprint density at radius 1 is 1.15 bits per heavy atom. The van der Waals surface area contributed by atoms with Gasteiger partial charge in [-0.05, 0) is 29.3 Å². The second kappa shape index (κ2) is 6.49. The molecule has 2 aromatic rings. The predicted octanol–water partition coefficient (Wildman–Crippen LogP) is 2.38. The first-order chi connectivity index (χ1) is 12.5. The lowest BCUT2D eigenvalue weighted by molar-refractivity contribution is -0.142. The van der Waals surface area contributed by atoms with Crippen LogP contribution in [0.3, 0.4) is 0 Å². The average Bonchev–Trinajstić information content (AvgIpc) is 2.65. The van der Waals surface area contributed by atoms with Crippen molar-refractivity contribution in [3.8, 4) is 0 Å². The fraction of sp³-hybridized carbons (Fsp3) is 0.211. The van der Waals surface area contributed by atoms with Crippen molar-refractivity contribution in [3.05, 3.63) is 59.2 Å². The van der Waals surface area contributed by atoms with E-state index in [1.807, 2.05) is 24.3 Å². The number of fused-ring (bicyclic) bond motifs is 2. The first-order valence-electron chi connectivity index (χ1n) is 8.20. The van der Waals surface area contributed by atoms with E-state index in [1.165, 1.54) is 16.7 Å². The second-order valence-electron chi connectivity index (χ2n) is 6.31. The highest BCUT2D eigenvalue weighted by Crippen LogP contribution is 2.33. The molecule has 1 unspecified atom stereocenters. The Balaban J connectivity index is 1.67. The quantitative estimate of drug-likeness (QED) is 0.850. The Bertz CT molecular complexity index is 928. The van der Waals surface area contributed by atoms with Crippen LogP contribution >= 0.6 is 11.8 Å². The molecule has 0 saturated carbocycles. The van der Waals surface area contributed by atoms with Gasteiger partial charge in [0, 0.05) is 23.4 Å². The summed E-state index contributed by atoms with van der Waals surface area (Å²) >= 11 is 1.42. The minimum Gasteiger partial charge on any atom is -0.480 e. The largest absolute Gasteiger partial charge is 0.480 e. The number of amides is 2. The van der Waals surface area contributed by atoms with Gasteiger partial charge in [0.15, 0.2) is 0 Å². The molecule has 7 heteroatoms. The van der Waals surface area contributed by atoms with Crippen molar-refractivity contribution in [2.45, 2.75) is 23.9 Å². The van der Waals surface area contributed by atoms with Gasteiger partial charge in [-0.2, -0.15) is 0 Å². The average molecular weight is 368 g/mol. The number of nitrogens with zero attached hydrogens (tertiary/aromatic N) is 1. The van der Waals surface area contributed by atoms with E-state index in [1.54, 1.807) is 18.2 Å². The van der Waals surface area contributed by atoms with E-state index in [0.717, 1.165) is 16.0 Å². The zero-order chi connectivity index (χ0) is 18.3. The molecule has 0 radical (unpaired) electrons. The number of carbonyl (C=O) groups excluding carboxylic acids is 2. The topological polar surface area (TPSA) is 86.7 Å². The highest BCUT2D eigenvalue weighted by atomic mass is 32.2. The van der Waals surface area contributed by atoms with Crippen LogP contribution in [0.25, 0.3) is 0 Å². The number of thioether (sulfide) groups is 1. The standard InChI is InChI=1S/C19H16N2O4S/c22-17-10-26-16-6-5-12(7-14(16)20-17)18(23)21-9-13-4-2-1-3-11(13)8-15(21)19(24)25/h1-7,15H,8-10H2,(H,20,22)(H,24,25). The summed E-state index contributed by atoms with van der Waals surface area (Å²) < 4.78 is 0. The smallest absolute Gasteiger partial charge is 0.326 e.